The van der Waals surface area contributed by atoms with Crippen molar-refractivity contribution in [2.24, 2.45) is 0 Å². The van der Waals surface area contributed by atoms with Gasteiger partial charge in [0.25, 0.3) is 0 Å². The van der Waals surface area contributed by atoms with Crippen molar-refractivity contribution in [1.82, 2.24) is 0 Å². The molecular weight excluding hydrogens is 226 g/mol. The Morgan fingerprint density at radius 3 is 2.78 bits per heavy atom. The van der Waals surface area contributed by atoms with Gasteiger partial charge in [0, 0.05) is 17.8 Å². The first-order valence-electron chi connectivity index (χ1n) is 6.10. The van der Waals surface area contributed by atoms with E-state index in [1.165, 1.54) is 0 Å². The van der Waals surface area contributed by atoms with Crippen LogP contribution in [0.5, 0.6) is 11.5 Å². The Labute approximate surface area is 106 Å². The minimum absolute atomic E-state index is 0.272. The summed E-state index contributed by atoms with van der Waals surface area (Å²) in [7, 11) is 0. The summed E-state index contributed by atoms with van der Waals surface area (Å²) in [4.78, 5) is 0. The summed E-state index contributed by atoms with van der Waals surface area (Å²) in [6, 6.07) is 13.7. The van der Waals surface area contributed by atoms with E-state index >= 15 is 0 Å². The predicted octanol–water partition coefficient (Wildman–Crippen LogP) is 2.94. The van der Waals surface area contributed by atoms with Crippen molar-refractivity contribution in [3.8, 4) is 11.5 Å². The van der Waals surface area contributed by atoms with E-state index in [4.69, 9.17) is 4.74 Å². The molecule has 1 heterocycles. The van der Waals surface area contributed by atoms with Crippen molar-refractivity contribution in [3.63, 3.8) is 0 Å². The normalized spacial score (nSPS) is 12.9. The van der Waals surface area contributed by atoms with E-state index in [0.717, 1.165) is 29.8 Å². The number of nitrogens with one attached hydrogen (secondary N) is 1. The van der Waals surface area contributed by atoms with Gasteiger partial charge >= 0.3 is 0 Å². The second kappa shape index (κ2) is 4.61. The van der Waals surface area contributed by atoms with E-state index in [1.54, 1.807) is 0 Å². The number of hydrogen-bond acceptors (Lipinski definition) is 3. The number of benzene rings is 2. The number of ether oxygens (including phenoxy) is 1. The molecule has 0 amide bonds. The Kier molecular flexibility index (Phi) is 2.81. The molecule has 0 fully saturated rings. The summed E-state index contributed by atoms with van der Waals surface area (Å²) >= 11 is 0. The van der Waals surface area contributed by atoms with Crippen molar-refractivity contribution < 1.29 is 9.84 Å². The number of phenols is 1. The molecular formula is C15H15NO2. The summed E-state index contributed by atoms with van der Waals surface area (Å²) in [5, 5.41) is 13.3. The highest BCUT2D eigenvalue weighted by Crippen LogP contribution is 2.38. The Bertz CT molecular complexity index is 552. The molecule has 1 aliphatic heterocycles. The van der Waals surface area contributed by atoms with E-state index in [1.807, 2.05) is 42.5 Å². The van der Waals surface area contributed by atoms with Crippen molar-refractivity contribution in [1.29, 1.82) is 0 Å². The van der Waals surface area contributed by atoms with Gasteiger partial charge in [-0.2, -0.15) is 0 Å². The van der Waals surface area contributed by atoms with E-state index < -0.39 is 0 Å². The topological polar surface area (TPSA) is 41.5 Å². The molecule has 0 radical (unpaired) electrons. The first kappa shape index (κ1) is 11.0. The van der Waals surface area contributed by atoms with Crippen LogP contribution in [-0.2, 0) is 13.0 Å². The van der Waals surface area contributed by atoms with Crippen LogP contribution in [0.25, 0.3) is 0 Å². The van der Waals surface area contributed by atoms with Crippen LogP contribution in [0, 0.1) is 0 Å². The summed E-state index contributed by atoms with van der Waals surface area (Å²) in [6.45, 7) is 1.35. The number of hydrogen-bond donors (Lipinski definition) is 2. The third kappa shape index (κ3) is 1.99. The molecule has 3 nitrogen and oxygen atoms in total. The summed E-state index contributed by atoms with van der Waals surface area (Å²) in [5.74, 6) is 0.828. The lowest BCUT2D eigenvalue weighted by Gasteiger charge is -2.11. The van der Waals surface area contributed by atoms with Crippen LogP contribution in [0.3, 0.4) is 0 Å². The van der Waals surface area contributed by atoms with Gasteiger partial charge in [-0.1, -0.05) is 30.3 Å². The smallest absolute Gasteiger partial charge is 0.163 e. The van der Waals surface area contributed by atoms with Gasteiger partial charge in [0.1, 0.15) is 6.61 Å². The maximum atomic E-state index is 10.1. The third-order valence-corrected chi connectivity index (χ3v) is 3.17. The van der Waals surface area contributed by atoms with Gasteiger partial charge < -0.3 is 15.2 Å². The molecule has 3 heteroatoms. The fourth-order valence-corrected chi connectivity index (χ4v) is 2.21. The average Bonchev–Trinajstić information content (AvgIpc) is 2.88. The van der Waals surface area contributed by atoms with Crippen LogP contribution in [0.15, 0.2) is 42.5 Å². The highest BCUT2D eigenvalue weighted by atomic mass is 16.5. The summed E-state index contributed by atoms with van der Waals surface area (Å²) in [6.07, 6.45) is 0.851. The minimum Gasteiger partial charge on any atom is -0.504 e. The lowest BCUT2D eigenvalue weighted by molar-refractivity contribution is 0.288. The Hall–Kier alpha value is -2.16. The van der Waals surface area contributed by atoms with E-state index in [0.29, 0.717) is 12.4 Å². The first-order chi connectivity index (χ1) is 8.84. The number of aromatic hydroxyl groups is 1. The van der Waals surface area contributed by atoms with Crippen molar-refractivity contribution in [2.45, 2.75) is 13.0 Å². The zero-order valence-electron chi connectivity index (χ0n) is 10.0. The Morgan fingerprint density at radius 1 is 1.11 bits per heavy atom. The monoisotopic (exact) mass is 241 g/mol. The highest BCUT2D eigenvalue weighted by molar-refractivity contribution is 5.65. The first-order valence-corrected chi connectivity index (χ1v) is 6.10. The van der Waals surface area contributed by atoms with Crippen LogP contribution in [-0.4, -0.2) is 11.7 Å². The van der Waals surface area contributed by atoms with Gasteiger partial charge in [-0.05, 0) is 24.1 Å². The van der Waals surface area contributed by atoms with Crippen molar-refractivity contribution in [2.75, 3.05) is 11.9 Å². The number of fused-ring (bicyclic) bond motifs is 1. The maximum Gasteiger partial charge on any atom is 0.163 e. The van der Waals surface area contributed by atoms with Crippen LogP contribution in [0.2, 0.25) is 0 Å². The quantitative estimate of drug-likeness (QED) is 0.868. The Morgan fingerprint density at radius 2 is 1.94 bits per heavy atom. The van der Waals surface area contributed by atoms with Crippen LogP contribution >= 0.6 is 0 Å². The number of phenolic OH excluding ortho intramolecular Hbond substituents is 1. The minimum atomic E-state index is 0.272. The lowest BCUT2D eigenvalue weighted by Crippen LogP contribution is -1.96. The van der Waals surface area contributed by atoms with Crippen LogP contribution < -0.4 is 10.1 Å². The fourth-order valence-electron chi connectivity index (χ4n) is 2.21. The third-order valence-electron chi connectivity index (χ3n) is 3.17. The van der Waals surface area contributed by atoms with Gasteiger partial charge in [0.15, 0.2) is 11.5 Å². The molecule has 0 spiro atoms. The molecule has 18 heavy (non-hydrogen) atoms. The second-order valence-corrected chi connectivity index (χ2v) is 4.39. The van der Waals surface area contributed by atoms with E-state index in [-0.39, 0.29) is 5.75 Å². The molecule has 0 bridgehead atoms. The van der Waals surface area contributed by atoms with Crippen molar-refractivity contribution in [3.05, 3.63) is 53.6 Å². The summed E-state index contributed by atoms with van der Waals surface area (Å²) < 4.78 is 5.67. The average molecular weight is 241 g/mol. The van der Waals surface area contributed by atoms with E-state index in [2.05, 4.69) is 5.32 Å². The molecule has 2 aromatic rings. The van der Waals surface area contributed by atoms with Crippen molar-refractivity contribution >= 4 is 5.69 Å². The van der Waals surface area contributed by atoms with Gasteiger partial charge in [-0.3, -0.25) is 0 Å². The fraction of sp³-hybridized carbons (Fsp3) is 0.200. The molecule has 2 N–H and O–H groups in total. The molecule has 0 saturated carbocycles. The molecule has 1 aliphatic rings. The van der Waals surface area contributed by atoms with E-state index in [9.17, 15) is 5.11 Å². The van der Waals surface area contributed by atoms with Gasteiger partial charge in [0.2, 0.25) is 0 Å². The molecule has 0 aliphatic carbocycles. The largest absolute Gasteiger partial charge is 0.504 e. The van der Waals surface area contributed by atoms with Crippen LogP contribution in [0.1, 0.15) is 11.1 Å². The number of anilines is 1. The molecule has 0 atom stereocenters. The lowest BCUT2D eigenvalue weighted by atomic mass is 10.1. The van der Waals surface area contributed by atoms with Gasteiger partial charge in [0.05, 0.1) is 0 Å². The molecule has 92 valence electrons. The highest BCUT2D eigenvalue weighted by Gasteiger charge is 2.17. The second-order valence-electron chi connectivity index (χ2n) is 4.39. The predicted molar refractivity (Wildman–Crippen MR) is 71.1 cm³/mol. The van der Waals surface area contributed by atoms with Crippen LogP contribution in [0.4, 0.5) is 5.69 Å². The van der Waals surface area contributed by atoms with Gasteiger partial charge in [-0.15, -0.1) is 0 Å². The zero-order chi connectivity index (χ0) is 12.4. The summed E-state index contributed by atoms with van der Waals surface area (Å²) in [5.41, 5.74) is 3.07. The number of rotatable bonds is 3. The standard InChI is InChI=1S/C15H15NO2/c17-15-12-8-9-16-13(12)6-7-14(15)18-10-11-4-2-1-3-5-11/h1-7,16-17H,8-10H2. The SMILES string of the molecule is Oc1c(OCc2ccccc2)ccc2c1CCN2. The zero-order valence-corrected chi connectivity index (χ0v) is 10.0. The molecule has 3 rings (SSSR count). The molecule has 0 unspecified atom stereocenters. The maximum absolute atomic E-state index is 10.1. The van der Waals surface area contributed by atoms with Gasteiger partial charge in [-0.25, -0.2) is 0 Å². The Balaban J connectivity index is 1.78. The molecule has 2 aromatic carbocycles. The molecule has 0 aromatic heterocycles. The molecule has 0 saturated heterocycles.